The second-order valence-corrected chi connectivity index (χ2v) is 3.89. The molecule has 0 aliphatic rings. The molecule has 0 radical (unpaired) electrons. The van der Waals surface area contributed by atoms with E-state index in [1.165, 1.54) is 0 Å². The zero-order chi connectivity index (χ0) is 13.1. The lowest BCUT2D eigenvalue weighted by Gasteiger charge is -2.02. The molecule has 0 aliphatic heterocycles. The fraction of sp³-hybridized carbons (Fsp3) is 0.231. The van der Waals surface area contributed by atoms with Gasteiger partial charge in [-0.1, -0.05) is 17.3 Å². The highest BCUT2D eigenvalue weighted by Gasteiger charge is 2.19. The highest BCUT2D eigenvalue weighted by Crippen LogP contribution is 2.19. The summed E-state index contributed by atoms with van der Waals surface area (Å²) < 4.78 is 9.98. The van der Waals surface area contributed by atoms with Crippen LogP contribution in [0.3, 0.4) is 0 Å². The fourth-order valence-corrected chi connectivity index (χ4v) is 1.75. The number of hydrogen-bond acceptors (Lipinski definition) is 4. The van der Waals surface area contributed by atoms with E-state index in [2.05, 4.69) is 5.16 Å². The van der Waals surface area contributed by atoms with Crippen LogP contribution in [0.4, 0.5) is 0 Å². The molecule has 1 aromatic carbocycles. The molecule has 0 unspecified atom stereocenters. The Hall–Kier alpha value is -2.30. The van der Waals surface area contributed by atoms with Crippen molar-refractivity contribution in [1.82, 2.24) is 5.16 Å². The van der Waals surface area contributed by atoms with E-state index in [-0.39, 0.29) is 5.56 Å². The molecule has 5 heteroatoms. The molecule has 5 nitrogen and oxygen atoms in total. The van der Waals surface area contributed by atoms with Gasteiger partial charge in [0.15, 0.2) is 0 Å². The smallest absolute Gasteiger partial charge is 0.341 e. The highest BCUT2D eigenvalue weighted by atomic mass is 16.5. The molecule has 1 N–H and O–H groups in total. The van der Waals surface area contributed by atoms with E-state index in [1.807, 2.05) is 24.3 Å². The Kier molecular flexibility index (Phi) is 3.32. The number of nitrogens with zero attached hydrogens (tertiary/aromatic N) is 1. The zero-order valence-electron chi connectivity index (χ0n) is 10.1. The second-order valence-electron chi connectivity index (χ2n) is 3.89. The number of aryl methyl sites for hydroxylation is 1. The van der Waals surface area contributed by atoms with E-state index in [0.717, 1.165) is 11.3 Å². The Morgan fingerprint density at radius 1 is 1.39 bits per heavy atom. The van der Waals surface area contributed by atoms with Crippen LogP contribution in [0.15, 0.2) is 28.8 Å². The average Bonchev–Trinajstić information content (AvgIpc) is 2.71. The number of methoxy groups -OCH3 is 1. The van der Waals surface area contributed by atoms with Crippen molar-refractivity contribution in [3.05, 3.63) is 46.8 Å². The van der Waals surface area contributed by atoms with Crippen LogP contribution >= 0.6 is 0 Å². The van der Waals surface area contributed by atoms with Crippen molar-refractivity contribution < 1.29 is 19.2 Å². The topological polar surface area (TPSA) is 72.6 Å². The van der Waals surface area contributed by atoms with Gasteiger partial charge in [-0.3, -0.25) is 0 Å². The number of ether oxygens (including phenoxy) is 1. The monoisotopic (exact) mass is 247 g/mol. The van der Waals surface area contributed by atoms with E-state index in [4.69, 9.17) is 14.4 Å². The molecule has 0 atom stereocenters. The largest absolute Gasteiger partial charge is 0.497 e. The van der Waals surface area contributed by atoms with Gasteiger partial charge >= 0.3 is 5.97 Å². The molecule has 0 aliphatic carbocycles. The normalized spacial score (nSPS) is 10.3. The van der Waals surface area contributed by atoms with Crippen molar-refractivity contribution in [2.75, 3.05) is 7.11 Å². The van der Waals surface area contributed by atoms with Gasteiger partial charge in [-0.2, -0.15) is 0 Å². The van der Waals surface area contributed by atoms with Crippen molar-refractivity contribution in [2.24, 2.45) is 0 Å². The second kappa shape index (κ2) is 4.91. The number of carboxylic acids is 1. The zero-order valence-corrected chi connectivity index (χ0v) is 10.1. The molecule has 18 heavy (non-hydrogen) atoms. The molecule has 94 valence electrons. The summed E-state index contributed by atoms with van der Waals surface area (Å²) in [4.78, 5) is 11.1. The minimum absolute atomic E-state index is 0.144. The van der Waals surface area contributed by atoms with Gasteiger partial charge in [-0.25, -0.2) is 4.79 Å². The minimum Gasteiger partial charge on any atom is -0.497 e. The Morgan fingerprint density at radius 2 is 2.06 bits per heavy atom. The van der Waals surface area contributed by atoms with Crippen LogP contribution in [0.1, 0.15) is 27.4 Å². The molecular weight excluding hydrogens is 234 g/mol. The molecular formula is C13H13NO4. The third-order valence-electron chi connectivity index (χ3n) is 2.68. The SMILES string of the molecule is COc1ccc(Cc2noc(C)c2C(=O)O)cc1. The van der Waals surface area contributed by atoms with Crippen LogP contribution in [-0.4, -0.2) is 23.3 Å². The summed E-state index contributed by atoms with van der Waals surface area (Å²) in [6, 6.07) is 7.38. The van der Waals surface area contributed by atoms with Gasteiger partial charge in [-0.05, 0) is 24.6 Å². The van der Waals surface area contributed by atoms with Crippen LogP contribution < -0.4 is 4.74 Å². The van der Waals surface area contributed by atoms with E-state index in [9.17, 15) is 4.79 Å². The van der Waals surface area contributed by atoms with Crippen LogP contribution in [-0.2, 0) is 6.42 Å². The van der Waals surface area contributed by atoms with Crippen molar-refractivity contribution in [3.63, 3.8) is 0 Å². The first-order valence-electron chi connectivity index (χ1n) is 5.43. The average molecular weight is 247 g/mol. The van der Waals surface area contributed by atoms with E-state index in [1.54, 1.807) is 14.0 Å². The van der Waals surface area contributed by atoms with Crippen LogP contribution in [0.5, 0.6) is 5.75 Å². The predicted molar refractivity (Wildman–Crippen MR) is 64.0 cm³/mol. The summed E-state index contributed by atoms with van der Waals surface area (Å²) in [7, 11) is 1.60. The summed E-state index contributed by atoms with van der Waals surface area (Å²) >= 11 is 0. The predicted octanol–water partition coefficient (Wildman–Crippen LogP) is 2.28. The first kappa shape index (κ1) is 12.2. The molecule has 0 saturated heterocycles. The Balaban J connectivity index is 2.25. The maximum absolute atomic E-state index is 11.1. The number of rotatable bonds is 4. The molecule has 0 saturated carbocycles. The van der Waals surface area contributed by atoms with Crippen molar-refractivity contribution >= 4 is 5.97 Å². The van der Waals surface area contributed by atoms with Crippen molar-refractivity contribution in [2.45, 2.75) is 13.3 Å². The maximum atomic E-state index is 11.1. The summed E-state index contributed by atoms with van der Waals surface area (Å²) in [6.07, 6.45) is 0.420. The molecule has 0 fully saturated rings. The number of carboxylic acid groups (broad SMARTS) is 1. The lowest BCUT2D eigenvalue weighted by atomic mass is 10.1. The maximum Gasteiger partial charge on any atom is 0.341 e. The van der Waals surface area contributed by atoms with E-state index in [0.29, 0.717) is 17.9 Å². The Bertz CT molecular complexity index is 557. The van der Waals surface area contributed by atoms with Gasteiger partial charge in [0.1, 0.15) is 22.8 Å². The van der Waals surface area contributed by atoms with E-state index < -0.39 is 5.97 Å². The van der Waals surface area contributed by atoms with E-state index >= 15 is 0 Å². The van der Waals surface area contributed by atoms with Crippen LogP contribution in [0, 0.1) is 6.92 Å². The van der Waals surface area contributed by atoms with Crippen LogP contribution in [0.25, 0.3) is 0 Å². The van der Waals surface area contributed by atoms with Gasteiger partial charge in [0, 0.05) is 6.42 Å². The van der Waals surface area contributed by atoms with Gasteiger partial charge < -0.3 is 14.4 Å². The molecule has 1 aromatic heterocycles. The van der Waals surface area contributed by atoms with Crippen molar-refractivity contribution in [3.8, 4) is 5.75 Å². The molecule has 0 spiro atoms. The number of carbonyl (C=O) groups is 1. The molecule has 1 heterocycles. The van der Waals surface area contributed by atoms with Gasteiger partial charge in [-0.15, -0.1) is 0 Å². The van der Waals surface area contributed by atoms with Gasteiger partial charge in [0.05, 0.1) is 7.11 Å². The molecule has 2 aromatic rings. The number of benzene rings is 1. The van der Waals surface area contributed by atoms with Crippen LogP contribution in [0.2, 0.25) is 0 Å². The third kappa shape index (κ3) is 2.34. The molecule has 0 amide bonds. The first-order valence-corrected chi connectivity index (χ1v) is 5.43. The lowest BCUT2D eigenvalue weighted by molar-refractivity contribution is 0.0694. The minimum atomic E-state index is -1.02. The summed E-state index contributed by atoms with van der Waals surface area (Å²) in [5.74, 6) is 0.0665. The number of aromatic nitrogens is 1. The summed E-state index contributed by atoms with van der Waals surface area (Å²) in [5.41, 5.74) is 1.53. The lowest BCUT2D eigenvalue weighted by Crippen LogP contribution is -2.02. The number of aromatic carboxylic acids is 1. The molecule has 2 rings (SSSR count). The molecule has 0 bridgehead atoms. The Labute approximate surface area is 104 Å². The quantitative estimate of drug-likeness (QED) is 0.897. The Morgan fingerprint density at radius 3 is 2.61 bits per heavy atom. The summed E-state index contributed by atoms with van der Waals surface area (Å²) in [5, 5.41) is 12.9. The highest BCUT2D eigenvalue weighted by molar-refractivity contribution is 5.89. The van der Waals surface area contributed by atoms with Crippen molar-refractivity contribution in [1.29, 1.82) is 0 Å². The van der Waals surface area contributed by atoms with Gasteiger partial charge in [0.2, 0.25) is 0 Å². The first-order chi connectivity index (χ1) is 8.61. The third-order valence-corrected chi connectivity index (χ3v) is 2.68. The standard InChI is InChI=1S/C13H13NO4/c1-8-12(13(15)16)11(14-18-8)7-9-3-5-10(17-2)6-4-9/h3-6H,7H2,1-2H3,(H,15,16). The fourth-order valence-electron chi connectivity index (χ4n) is 1.75. The summed E-state index contributed by atoms with van der Waals surface area (Å²) in [6.45, 7) is 1.59. The van der Waals surface area contributed by atoms with Gasteiger partial charge in [0.25, 0.3) is 0 Å². The number of hydrogen-bond donors (Lipinski definition) is 1.